The average molecular weight is 357 g/mol. The molecule has 0 bridgehead atoms. The Kier molecular flexibility index (Phi) is 4.63. The Morgan fingerprint density at radius 3 is 2.77 bits per heavy atom. The molecular formula is C21H27NO4. The molecule has 5 nitrogen and oxygen atoms in total. The molecule has 0 unspecified atom stereocenters. The first-order chi connectivity index (χ1) is 12.6. The Hall–Kier alpha value is -2.04. The Balaban J connectivity index is 1.62. The van der Waals surface area contributed by atoms with Gasteiger partial charge in [0.25, 0.3) is 0 Å². The molecule has 1 saturated carbocycles. The normalized spacial score (nSPS) is 27.2. The molecule has 2 fully saturated rings. The zero-order chi connectivity index (χ0) is 18.3. The number of nitrogens with zero attached hydrogens (tertiary/aromatic N) is 1. The van der Waals surface area contributed by atoms with E-state index in [2.05, 4.69) is 0 Å². The largest absolute Gasteiger partial charge is 0.486 e. The first-order valence-corrected chi connectivity index (χ1v) is 9.82. The van der Waals surface area contributed by atoms with E-state index in [9.17, 15) is 9.59 Å². The van der Waals surface area contributed by atoms with Gasteiger partial charge in [-0.25, -0.2) is 0 Å². The number of para-hydroxylation sites is 1. The molecule has 5 heteroatoms. The van der Waals surface area contributed by atoms with Gasteiger partial charge in [0.2, 0.25) is 5.91 Å². The third-order valence-electron chi connectivity index (χ3n) is 6.10. The van der Waals surface area contributed by atoms with Crippen molar-refractivity contribution in [2.45, 2.75) is 58.1 Å². The van der Waals surface area contributed by atoms with Gasteiger partial charge in [-0.3, -0.25) is 9.59 Å². The quantitative estimate of drug-likeness (QED) is 0.775. The number of ether oxygens (including phenoxy) is 2. The number of hydrogen-bond acceptors (Lipinski definition) is 4. The van der Waals surface area contributed by atoms with Crippen molar-refractivity contribution >= 4 is 11.9 Å². The minimum absolute atomic E-state index is 0.150. The fourth-order valence-electron chi connectivity index (χ4n) is 4.82. The SMILES string of the molecule is CCOC(=O)[C@@H]1CN(C(=O)CC2CCCC2)[C@H]2c3cccc(C)c3O[C@@H]12. The summed E-state index contributed by atoms with van der Waals surface area (Å²) in [6, 6.07) is 5.85. The highest BCUT2D eigenvalue weighted by Gasteiger charge is 2.54. The molecule has 1 saturated heterocycles. The third-order valence-corrected chi connectivity index (χ3v) is 6.10. The molecule has 0 spiro atoms. The van der Waals surface area contributed by atoms with Gasteiger partial charge in [0, 0.05) is 18.5 Å². The summed E-state index contributed by atoms with van der Waals surface area (Å²) in [6.07, 6.45) is 4.97. The molecule has 1 aliphatic carbocycles. The second kappa shape index (κ2) is 6.93. The monoisotopic (exact) mass is 357 g/mol. The summed E-state index contributed by atoms with van der Waals surface area (Å²) >= 11 is 0. The molecule has 0 aromatic heterocycles. The molecule has 4 rings (SSSR count). The summed E-state index contributed by atoms with van der Waals surface area (Å²) in [5.74, 6) is 0.789. The highest BCUT2D eigenvalue weighted by Crippen LogP contribution is 2.49. The first kappa shape index (κ1) is 17.4. The summed E-state index contributed by atoms with van der Waals surface area (Å²) in [5, 5.41) is 0. The van der Waals surface area contributed by atoms with E-state index in [1.165, 1.54) is 12.8 Å². The van der Waals surface area contributed by atoms with Crippen molar-refractivity contribution in [1.29, 1.82) is 0 Å². The van der Waals surface area contributed by atoms with Crippen LogP contribution in [0.3, 0.4) is 0 Å². The summed E-state index contributed by atoms with van der Waals surface area (Å²) < 4.78 is 11.5. The van der Waals surface area contributed by atoms with Crippen LogP contribution in [0, 0.1) is 18.8 Å². The second-order valence-corrected chi connectivity index (χ2v) is 7.78. The summed E-state index contributed by atoms with van der Waals surface area (Å²) in [7, 11) is 0. The minimum Gasteiger partial charge on any atom is -0.486 e. The fourth-order valence-corrected chi connectivity index (χ4v) is 4.82. The number of rotatable bonds is 4. The van der Waals surface area contributed by atoms with Crippen LogP contribution in [0.1, 0.15) is 56.2 Å². The number of carbonyl (C=O) groups is 2. The average Bonchev–Trinajstić information content (AvgIpc) is 3.31. The molecule has 3 atom stereocenters. The van der Waals surface area contributed by atoms with Crippen LogP contribution in [0.15, 0.2) is 18.2 Å². The van der Waals surface area contributed by atoms with Crippen LogP contribution in [0.5, 0.6) is 5.75 Å². The van der Waals surface area contributed by atoms with Crippen molar-refractivity contribution in [3.63, 3.8) is 0 Å². The maximum absolute atomic E-state index is 13.1. The minimum atomic E-state index is -0.417. The van der Waals surface area contributed by atoms with E-state index in [4.69, 9.17) is 9.47 Å². The zero-order valence-electron chi connectivity index (χ0n) is 15.6. The molecule has 1 aromatic carbocycles. The lowest BCUT2D eigenvalue weighted by molar-refractivity contribution is -0.149. The third kappa shape index (κ3) is 2.87. The predicted octanol–water partition coefficient (Wildman–Crippen LogP) is 3.40. The number of hydrogen-bond donors (Lipinski definition) is 0. The van der Waals surface area contributed by atoms with Gasteiger partial charge in [0.1, 0.15) is 17.8 Å². The zero-order valence-corrected chi connectivity index (χ0v) is 15.6. The van der Waals surface area contributed by atoms with Crippen LogP contribution in [0.25, 0.3) is 0 Å². The van der Waals surface area contributed by atoms with E-state index < -0.39 is 5.92 Å². The number of amides is 1. The number of fused-ring (bicyclic) bond motifs is 3. The lowest BCUT2D eigenvalue weighted by atomic mass is 9.97. The van der Waals surface area contributed by atoms with Crippen LogP contribution in [0.2, 0.25) is 0 Å². The fraction of sp³-hybridized carbons (Fsp3) is 0.619. The number of aryl methyl sites for hydroxylation is 1. The molecule has 2 aliphatic heterocycles. The van der Waals surface area contributed by atoms with Gasteiger partial charge in [-0.2, -0.15) is 0 Å². The van der Waals surface area contributed by atoms with Crippen LogP contribution in [-0.2, 0) is 14.3 Å². The molecule has 2 heterocycles. The molecule has 26 heavy (non-hydrogen) atoms. The van der Waals surface area contributed by atoms with Gasteiger partial charge in [-0.15, -0.1) is 0 Å². The predicted molar refractivity (Wildman–Crippen MR) is 96.7 cm³/mol. The van der Waals surface area contributed by atoms with Gasteiger partial charge in [0.15, 0.2) is 0 Å². The molecule has 3 aliphatic rings. The number of carbonyl (C=O) groups excluding carboxylic acids is 2. The van der Waals surface area contributed by atoms with E-state index >= 15 is 0 Å². The summed E-state index contributed by atoms with van der Waals surface area (Å²) in [6.45, 7) is 4.55. The maximum Gasteiger partial charge on any atom is 0.314 e. The summed E-state index contributed by atoms with van der Waals surface area (Å²) in [5.41, 5.74) is 2.07. The Morgan fingerprint density at radius 2 is 2.04 bits per heavy atom. The Bertz CT molecular complexity index is 710. The van der Waals surface area contributed by atoms with Crippen molar-refractivity contribution < 1.29 is 19.1 Å². The van der Waals surface area contributed by atoms with E-state index in [-0.39, 0.29) is 24.0 Å². The molecule has 1 aromatic rings. The Labute approximate surface area is 154 Å². The molecule has 140 valence electrons. The highest BCUT2D eigenvalue weighted by atomic mass is 16.5. The lowest BCUT2D eigenvalue weighted by Gasteiger charge is -2.24. The van der Waals surface area contributed by atoms with Gasteiger partial charge in [-0.1, -0.05) is 31.0 Å². The van der Waals surface area contributed by atoms with Gasteiger partial charge in [0.05, 0.1) is 12.6 Å². The van der Waals surface area contributed by atoms with E-state index in [1.807, 2.05) is 36.9 Å². The number of benzene rings is 1. The second-order valence-electron chi connectivity index (χ2n) is 7.78. The topological polar surface area (TPSA) is 55.8 Å². The van der Waals surface area contributed by atoms with E-state index in [1.54, 1.807) is 0 Å². The van der Waals surface area contributed by atoms with E-state index in [0.29, 0.717) is 25.5 Å². The van der Waals surface area contributed by atoms with Crippen LogP contribution in [0.4, 0.5) is 0 Å². The van der Waals surface area contributed by atoms with Crippen molar-refractivity contribution in [3.05, 3.63) is 29.3 Å². The van der Waals surface area contributed by atoms with Crippen molar-refractivity contribution in [3.8, 4) is 5.75 Å². The molecule has 1 amide bonds. The van der Waals surface area contributed by atoms with E-state index in [0.717, 1.165) is 29.7 Å². The smallest absolute Gasteiger partial charge is 0.314 e. The standard InChI is InChI=1S/C21H27NO4/c1-3-25-21(24)16-12-22(17(23)11-14-8-4-5-9-14)18-15-10-6-7-13(2)19(15)26-20(16)18/h6-7,10,14,16,18,20H,3-5,8-9,11-12H2,1-2H3/t16-,18+,20+/m1/s1. The first-order valence-electron chi connectivity index (χ1n) is 9.82. The van der Waals surface area contributed by atoms with Crippen molar-refractivity contribution in [2.75, 3.05) is 13.2 Å². The van der Waals surface area contributed by atoms with Crippen molar-refractivity contribution in [1.82, 2.24) is 4.90 Å². The van der Waals surface area contributed by atoms with Gasteiger partial charge < -0.3 is 14.4 Å². The lowest BCUT2D eigenvalue weighted by Crippen LogP contribution is -2.33. The molecule has 0 radical (unpaired) electrons. The van der Waals surface area contributed by atoms with Crippen LogP contribution in [-0.4, -0.2) is 36.0 Å². The van der Waals surface area contributed by atoms with Gasteiger partial charge in [-0.05, 0) is 38.2 Å². The molecule has 0 N–H and O–H groups in total. The highest BCUT2D eigenvalue weighted by molar-refractivity contribution is 5.81. The summed E-state index contributed by atoms with van der Waals surface area (Å²) in [4.78, 5) is 27.5. The maximum atomic E-state index is 13.1. The van der Waals surface area contributed by atoms with Gasteiger partial charge >= 0.3 is 5.97 Å². The molecular weight excluding hydrogens is 330 g/mol. The number of likely N-dealkylation sites (tertiary alicyclic amines) is 1. The van der Waals surface area contributed by atoms with Crippen LogP contribution >= 0.6 is 0 Å². The van der Waals surface area contributed by atoms with Crippen LogP contribution < -0.4 is 4.74 Å². The number of esters is 1. The Morgan fingerprint density at radius 1 is 1.27 bits per heavy atom. The van der Waals surface area contributed by atoms with Crippen molar-refractivity contribution in [2.24, 2.45) is 11.8 Å².